The maximum Gasteiger partial charge on any atom is 0.284 e. The first kappa shape index (κ1) is 20.3. The molecule has 0 spiro atoms. The van der Waals surface area contributed by atoms with E-state index in [-0.39, 0.29) is 11.2 Å². The van der Waals surface area contributed by atoms with Gasteiger partial charge in [-0.05, 0) is 37.3 Å². The van der Waals surface area contributed by atoms with Gasteiger partial charge in [0.1, 0.15) is 11.5 Å². The molecule has 1 aliphatic rings. The van der Waals surface area contributed by atoms with Crippen molar-refractivity contribution in [2.45, 2.75) is 45.7 Å². The molecule has 0 aliphatic carbocycles. The molecule has 0 unspecified atom stereocenters. The Morgan fingerprint density at radius 2 is 1.93 bits per heavy atom. The molecule has 6 nitrogen and oxygen atoms in total. The number of benzene rings is 1. The zero-order valence-electron chi connectivity index (χ0n) is 17.5. The second kappa shape index (κ2) is 7.87. The third kappa shape index (κ3) is 4.33. The fourth-order valence-corrected chi connectivity index (χ4v) is 3.78. The van der Waals surface area contributed by atoms with E-state index in [0.29, 0.717) is 6.04 Å². The van der Waals surface area contributed by atoms with Gasteiger partial charge in [0.05, 0.1) is 7.11 Å². The average Bonchev–Trinajstić information content (AvgIpc) is 3.08. The predicted molar refractivity (Wildman–Crippen MR) is 111 cm³/mol. The number of anilines is 1. The number of carbonyl (C=O) groups excluding carboxylic acids is 1. The Labute approximate surface area is 167 Å². The van der Waals surface area contributed by atoms with E-state index in [9.17, 15) is 4.79 Å². The molecular formula is C22H31N3O3. The van der Waals surface area contributed by atoms with Crippen LogP contribution >= 0.6 is 0 Å². The van der Waals surface area contributed by atoms with Crippen LogP contribution in [0.5, 0.6) is 5.75 Å². The Hall–Kier alpha value is -2.47. The number of nitrogens with two attached hydrogens (primary N) is 1. The third-order valence-electron chi connectivity index (χ3n) is 5.31. The van der Waals surface area contributed by atoms with Gasteiger partial charge in [-0.3, -0.25) is 9.69 Å². The van der Waals surface area contributed by atoms with Crippen LogP contribution < -0.4 is 15.4 Å². The summed E-state index contributed by atoms with van der Waals surface area (Å²) in [5.74, 6) is 1.43. The van der Waals surface area contributed by atoms with Gasteiger partial charge in [-0.1, -0.05) is 20.8 Å². The van der Waals surface area contributed by atoms with Crippen molar-refractivity contribution in [3.05, 3.63) is 47.4 Å². The maximum atomic E-state index is 11.6. The minimum atomic E-state index is -0.519. The van der Waals surface area contributed by atoms with Crippen LogP contribution in [0.1, 0.15) is 49.6 Å². The van der Waals surface area contributed by atoms with Gasteiger partial charge in [0.15, 0.2) is 5.76 Å². The predicted octanol–water partition coefficient (Wildman–Crippen LogP) is 3.40. The smallest absolute Gasteiger partial charge is 0.284 e. The van der Waals surface area contributed by atoms with Gasteiger partial charge in [-0.25, -0.2) is 0 Å². The van der Waals surface area contributed by atoms with Crippen LogP contribution in [0, 0.1) is 0 Å². The Balaban J connectivity index is 1.72. The van der Waals surface area contributed by atoms with Crippen molar-refractivity contribution in [2.24, 2.45) is 5.73 Å². The first-order valence-corrected chi connectivity index (χ1v) is 9.75. The van der Waals surface area contributed by atoms with Crippen LogP contribution in [0.2, 0.25) is 0 Å². The lowest BCUT2D eigenvalue weighted by atomic mass is 9.90. The van der Waals surface area contributed by atoms with E-state index in [1.807, 2.05) is 18.2 Å². The molecule has 1 saturated heterocycles. The number of ether oxygens (including phenoxy) is 1. The summed E-state index contributed by atoms with van der Waals surface area (Å²) in [6.45, 7) is 12.1. The van der Waals surface area contributed by atoms with Crippen molar-refractivity contribution >= 4 is 11.6 Å². The zero-order chi connectivity index (χ0) is 20.5. The lowest BCUT2D eigenvalue weighted by Gasteiger charge is -2.41. The number of primary amides is 1. The summed E-state index contributed by atoms with van der Waals surface area (Å²) in [5.41, 5.74) is 7.52. The van der Waals surface area contributed by atoms with Crippen molar-refractivity contribution in [2.75, 3.05) is 31.6 Å². The minimum Gasteiger partial charge on any atom is -0.497 e. The molecule has 2 heterocycles. The number of carbonyl (C=O) groups is 1. The average molecular weight is 386 g/mol. The molecule has 0 bridgehead atoms. The molecule has 1 aliphatic heterocycles. The number of rotatable bonds is 5. The van der Waals surface area contributed by atoms with Crippen molar-refractivity contribution in [3.8, 4) is 5.75 Å². The van der Waals surface area contributed by atoms with E-state index in [1.54, 1.807) is 7.11 Å². The third-order valence-corrected chi connectivity index (χ3v) is 5.31. The normalized spacial score (nSPS) is 18.3. The van der Waals surface area contributed by atoms with Crippen LogP contribution in [0.4, 0.5) is 5.69 Å². The molecule has 1 aromatic carbocycles. The molecule has 28 heavy (non-hydrogen) atoms. The summed E-state index contributed by atoms with van der Waals surface area (Å²) in [4.78, 5) is 16.4. The van der Waals surface area contributed by atoms with Crippen molar-refractivity contribution < 1.29 is 13.9 Å². The number of hydrogen-bond acceptors (Lipinski definition) is 5. The summed E-state index contributed by atoms with van der Waals surface area (Å²) >= 11 is 0. The highest BCUT2D eigenvalue weighted by Crippen LogP contribution is 2.31. The number of amides is 1. The largest absolute Gasteiger partial charge is 0.497 e. The number of hydrogen-bond donors (Lipinski definition) is 1. The first-order valence-electron chi connectivity index (χ1n) is 9.75. The maximum absolute atomic E-state index is 11.6. The molecule has 6 heteroatoms. The Bertz CT molecular complexity index is 821. The topological polar surface area (TPSA) is 71.9 Å². The molecular weight excluding hydrogens is 354 g/mol. The van der Waals surface area contributed by atoms with Crippen LogP contribution in [0.3, 0.4) is 0 Å². The fraction of sp³-hybridized carbons (Fsp3) is 0.500. The van der Waals surface area contributed by atoms with Crippen molar-refractivity contribution in [1.82, 2.24) is 4.90 Å². The van der Waals surface area contributed by atoms with Gasteiger partial charge in [0.2, 0.25) is 0 Å². The van der Waals surface area contributed by atoms with Gasteiger partial charge in [-0.2, -0.15) is 0 Å². The second-order valence-corrected chi connectivity index (χ2v) is 8.54. The summed E-state index contributed by atoms with van der Waals surface area (Å²) in [5, 5.41) is 0. The highest BCUT2D eigenvalue weighted by molar-refractivity contribution is 5.90. The highest BCUT2D eigenvalue weighted by atomic mass is 16.5. The van der Waals surface area contributed by atoms with Gasteiger partial charge in [-0.15, -0.1) is 0 Å². The molecule has 3 rings (SSSR count). The van der Waals surface area contributed by atoms with E-state index in [0.717, 1.165) is 43.3 Å². The Morgan fingerprint density at radius 3 is 2.46 bits per heavy atom. The van der Waals surface area contributed by atoms with Crippen molar-refractivity contribution in [3.63, 3.8) is 0 Å². The SMILES string of the molecule is COc1ccc(N2CCN(Cc3cc(C(N)=O)oc3C(C)(C)C)[C@H](C)C2)cc1. The number of methoxy groups -OCH3 is 1. The van der Waals surface area contributed by atoms with Gasteiger partial charge >= 0.3 is 0 Å². The first-order chi connectivity index (χ1) is 13.2. The Morgan fingerprint density at radius 1 is 1.25 bits per heavy atom. The molecule has 152 valence electrons. The van der Waals surface area contributed by atoms with E-state index in [4.69, 9.17) is 14.9 Å². The van der Waals surface area contributed by atoms with Crippen LogP contribution in [0.25, 0.3) is 0 Å². The standard InChI is InChI=1S/C22H31N3O3/c1-15-13-25(17-6-8-18(27-5)9-7-17)11-10-24(15)14-16-12-19(21(23)26)28-20(16)22(2,3)4/h6-9,12,15H,10-11,13-14H2,1-5H3,(H2,23,26)/t15-/m1/s1. The molecule has 1 aromatic heterocycles. The van der Waals surface area contributed by atoms with Gasteiger partial charge in [0.25, 0.3) is 5.91 Å². The molecule has 2 aromatic rings. The summed E-state index contributed by atoms with van der Waals surface area (Å²) < 4.78 is 11.1. The quantitative estimate of drug-likeness (QED) is 0.854. The molecule has 0 saturated carbocycles. The van der Waals surface area contributed by atoms with E-state index in [1.165, 1.54) is 5.69 Å². The summed E-state index contributed by atoms with van der Waals surface area (Å²) in [7, 11) is 1.68. The summed E-state index contributed by atoms with van der Waals surface area (Å²) in [6.07, 6.45) is 0. The zero-order valence-corrected chi connectivity index (χ0v) is 17.5. The number of nitrogens with zero attached hydrogens (tertiary/aromatic N) is 2. The lowest BCUT2D eigenvalue weighted by molar-refractivity contribution is 0.0970. The molecule has 2 N–H and O–H groups in total. The number of furan rings is 1. The van der Waals surface area contributed by atoms with Crippen molar-refractivity contribution in [1.29, 1.82) is 0 Å². The Kier molecular flexibility index (Phi) is 5.70. The van der Waals surface area contributed by atoms with E-state index in [2.05, 4.69) is 49.6 Å². The minimum absolute atomic E-state index is 0.183. The van der Waals surface area contributed by atoms with Crippen LogP contribution in [0.15, 0.2) is 34.7 Å². The van der Waals surface area contributed by atoms with Gasteiger partial charge in [0, 0.05) is 48.9 Å². The number of piperazine rings is 1. The van der Waals surface area contributed by atoms with E-state index < -0.39 is 5.91 Å². The van der Waals surface area contributed by atoms with Crippen LogP contribution in [-0.2, 0) is 12.0 Å². The highest BCUT2D eigenvalue weighted by Gasteiger charge is 2.29. The lowest BCUT2D eigenvalue weighted by Crippen LogP contribution is -2.51. The molecule has 1 fully saturated rings. The second-order valence-electron chi connectivity index (χ2n) is 8.54. The molecule has 1 atom stereocenters. The fourth-order valence-electron chi connectivity index (χ4n) is 3.78. The van der Waals surface area contributed by atoms with E-state index >= 15 is 0 Å². The van der Waals surface area contributed by atoms with Gasteiger partial charge < -0.3 is 19.8 Å². The molecule has 1 amide bonds. The molecule has 0 radical (unpaired) electrons. The summed E-state index contributed by atoms with van der Waals surface area (Å²) in [6, 6.07) is 10.4. The monoisotopic (exact) mass is 385 g/mol. The van der Waals surface area contributed by atoms with Crippen LogP contribution in [-0.4, -0.2) is 43.6 Å².